The molecule has 2 aromatic carbocycles. The van der Waals surface area contributed by atoms with Crippen molar-refractivity contribution in [3.63, 3.8) is 0 Å². The normalized spacial score (nSPS) is 16.1. The zero-order valence-corrected chi connectivity index (χ0v) is 18.8. The SMILES string of the molecule is CCCC1CNCCN1CCC(=O)c1cccc(OC(=O)c2ccccc2)c1.Cl.Cl. The minimum atomic E-state index is -0.423. The molecule has 0 radical (unpaired) electrons. The second-order valence-corrected chi connectivity index (χ2v) is 7.14. The number of ketones is 1. The van der Waals surface area contributed by atoms with Gasteiger partial charge in [-0.25, -0.2) is 4.79 Å². The maximum atomic E-state index is 12.7. The molecule has 1 unspecified atom stereocenters. The Morgan fingerprint density at radius 2 is 1.80 bits per heavy atom. The van der Waals surface area contributed by atoms with Gasteiger partial charge in [-0.2, -0.15) is 0 Å². The summed E-state index contributed by atoms with van der Waals surface area (Å²) in [5, 5.41) is 3.43. The summed E-state index contributed by atoms with van der Waals surface area (Å²) in [6.07, 6.45) is 2.76. The molecule has 2 aromatic rings. The van der Waals surface area contributed by atoms with Gasteiger partial charge in [-0.1, -0.05) is 43.7 Å². The molecule has 30 heavy (non-hydrogen) atoms. The van der Waals surface area contributed by atoms with Gasteiger partial charge in [0, 0.05) is 44.2 Å². The van der Waals surface area contributed by atoms with E-state index in [0.29, 0.717) is 29.3 Å². The number of rotatable bonds is 8. The van der Waals surface area contributed by atoms with Crippen LogP contribution in [0, 0.1) is 0 Å². The molecule has 0 bridgehead atoms. The van der Waals surface area contributed by atoms with Crippen molar-refractivity contribution in [3.05, 3.63) is 65.7 Å². The first kappa shape index (κ1) is 26.1. The van der Waals surface area contributed by atoms with Gasteiger partial charge >= 0.3 is 5.97 Å². The van der Waals surface area contributed by atoms with Crippen LogP contribution in [0.4, 0.5) is 0 Å². The Bertz CT molecular complexity index is 800. The Labute approximate surface area is 191 Å². The van der Waals surface area contributed by atoms with Gasteiger partial charge in [-0.15, -0.1) is 24.8 Å². The molecule has 1 atom stereocenters. The Hall–Kier alpha value is -1.92. The number of ether oxygens (including phenoxy) is 1. The second kappa shape index (κ2) is 13.4. The van der Waals surface area contributed by atoms with E-state index in [0.717, 1.165) is 39.0 Å². The average Bonchev–Trinajstić information content (AvgIpc) is 2.74. The van der Waals surface area contributed by atoms with E-state index in [1.54, 1.807) is 48.5 Å². The van der Waals surface area contributed by atoms with Gasteiger partial charge in [0.15, 0.2) is 5.78 Å². The van der Waals surface area contributed by atoms with E-state index in [1.807, 2.05) is 6.07 Å². The Morgan fingerprint density at radius 3 is 2.53 bits per heavy atom. The Kier molecular flexibility index (Phi) is 11.7. The van der Waals surface area contributed by atoms with Crippen molar-refractivity contribution in [2.24, 2.45) is 0 Å². The molecule has 3 rings (SSSR count). The van der Waals surface area contributed by atoms with Gasteiger partial charge in [-0.3, -0.25) is 9.69 Å². The highest BCUT2D eigenvalue weighted by atomic mass is 35.5. The minimum absolute atomic E-state index is 0. The van der Waals surface area contributed by atoms with Crippen LogP contribution in [0.25, 0.3) is 0 Å². The van der Waals surface area contributed by atoms with E-state index in [2.05, 4.69) is 17.1 Å². The molecule has 0 spiro atoms. The number of halogens is 2. The summed E-state index contributed by atoms with van der Waals surface area (Å²) in [6.45, 7) is 5.90. The van der Waals surface area contributed by atoms with Crippen LogP contribution in [0.5, 0.6) is 5.75 Å². The summed E-state index contributed by atoms with van der Waals surface area (Å²) in [7, 11) is 0. The van der Waals surface area contributed by atoms with Crippen molar-refractivity contribution in [1.29, 1.82) is 0 Å². The number of piperazine rings is 1. The molecule has 1 heterocycles. The average molecular weight is 453 g/mol. The molecule has 0 saturated carbocycles. The van der Waals surface area contributed by atoms with Gasteiger partial charge < -0.3 is 10.1 Å². The summed E-state index contributed by atoms with van der Waals surface area (Å²) in [4.78, 5) is 27.3. The van der Waals surface area contributed by atoms with Gasteiger partial charge in [0.1, 0.15) is 5.75 Å². The number of nitrogens with one attached hydrogen (secondary N) is 1. The van der Waals surface area contributed by atoms with Crippen LogP contribution in [-0.2, 0) is 0 Å². The first-order valence-electron chi connectivity index (χ1n) is 10.0. The molecular weight excluding hydrogens is 423 g/mol. The zero-order valence-electron chi connectivity index (χ0n) is 17.2. The molecule has 1 N–H and O–H groups in total. The van der Waals surface area contributed by atoms with Crippen molar-refractivity contribution in [1.82, 2.24) is 10.2 Å². The van der Waals surface area contributed by atoms with E-state index >= 15 is 0 Å². The lowest BCUT2D eigenvalue weighted by Crippen LogP contribution is -2.51. The fourth-order valence-corrected chi connectivity index (χ4v) is 3.58. The van der Waals surface area contributed by atoms with Gasteiger partial charge in [-0.05, 0) is 30.7 Å². The number of hydrogen-bond donors (Lipinski definition) is 1. The van der Waals surface area contributed by atoms with Crippen LogP contribution in [-0.4, -0.2) is 48.9 Å². The van der Waals surface area contributed by atoms with E-state index < -0.39 is 5.97 Å². The Balaban J connectivity index is 0.00000225. The number of nitrogens with zero attached hydrogens (tertiary/aromatic N) is 1. The molecule has 7 heteroatoms. The maximum Gasteiger partial charge on any atom is 0.343 e. The largest absolute Gasteiger partial charge is 0.423 e. The highest BCUT2D eigenvalue weighted by molar-refractivity contribution is 5.97. The van der Waals surface area contributed by atoms with Crippen molar-refractivity contribution in [2.45, 2.75) is 32.2 Å². The van der Waals surface area contributed by atoms with Crippen molar-refractivity contribution < 1.29 is 14.3 Å². The highest BCUT2D eigenvalue weighted by Gasteiger charge is 2.22. The predicted octanol–water partition coefficient (Wildman–Crippen LogP) is 4.40. The van der Waals surface area contributed by atoms with Crippen molar-refractivity contribution in [3.8, 4) is 5.75 Å². The first-order valence-corrected chi connectivity index (χ1v) is 10.0. The molecule has 5 nitrogen and oxygen atoms in total. The van der Waals surface area contributed by atoms with Gasteiger partial charge in [0.05, 0.1) is 5.56 Å². The number of benzene rings is 2. The number of carbonyl (C=O) groups excluding carboxylic acids is 2. The summed E-state index contributed by atoms with van der Waals surface area (Å²) >= 11 is 0. The lowest BCUT2D eigenvalue weighted by molar-refractivity contribution is 0.0733. The molecule has 1 aliphatic rings. The lowest BCUT2D eigenvalue weighted by atomic mass is 10.0. The number of hydrogen-bond acceptors (Lipinski definition) is 5. The lowest BCUT2D eigenvalue weighted by Gasteiger charge is -2.36. The van der Waals surface area contributed by atoms with E-state index in [9.17, 15) is 9.59 Å². The molecule has 1 aliphatic heterocycles. The summed E-state index contributed by atoms with van der Waals surface area (Å²) in [6, 6.07) is 16.2. The van der Waals surface area contributed by atoms with Crippen molar-refractivity contribution >= 4 is 36.6 Å². The van der Waals surface area contributed by atoms with Gasteiger partial charge in [0.2, 0.25) is 0 Å². The monoisotopic (exact) mass is 452 g/mol. The second-order valence-electron chi connectivity index (χ2n) is 7.14. The van der Waals surface area contributed by atoms with Gasteiger partial charge in [0.25, 0.3) is 0 Å². The van der Waals surface area contributed by atoms with Crippen molar-refractivity contribution in [2.75, 3.05) is 26.2 Å². The van der Waals surface area contributed by atoms with Crippen LogP contribution >= 0.6 is 24.8 Å². The topological polar surface area (TPSA) is 58.6 Å². The van der Waals surface area contributed by atoms with Crippen LogP contribution in [0.1, 0.15) is 46.9 Å². The summed E-state index contributed by atoms with van der Waals surface area (Å²) in [5.41, 5.74) is 1.07. The molecule has 0 aliphatic carbocycles. The molecule has 1 saturated heterocycles. The fourth-order valence-electron chi connectivity index (χ4n) is 3.58. The summed E-state index contributed by atoms with van der Waals surface area (Å²) in [5.74, 6) is 0.0468. The fraction of sp³-hybridized carbons (Fsp3) is 0.391. The first-order chi connectivity index (χ1) is 13.7. The number of esters is 1. The van der Waals surface area contributed by atoms with E-state index in [4.69, 9.17) is 4.74 Å². The standard InChI is InChI=1S/C23H28N2O3.2ClH/c1-2-7-20-17-24-13-15-25(20)14-12-22(26)19-10-6-11-21(16-19)28-23(27)18-8-4-3-5-9-18;;/h3-6,8-11,16,20,24H,2,7,12-15,17H2,1H3;2*1H. The Morgan fingerprint density at radius 1 is 1.07 bits per heavy atom. The van der Waals surface area contributed by atoms with Crippen LogP contribution in [0.15, 0.2) is 54.6 Å². The van der Waals surface area contributed by atoms with Crippen LogP contribution in [0.2, 0.25) is 0 Å². The number of Topliss-reactive ketones (excluding diaryl/α,β-unsaturated/α-hetero) is 1. The highest BCUT2D eigenvalue weighted by Crippen LogP contribution is 2.18. The molecule has 0 aromatic heterocycles. The third kappa shape index (κ3) is 7.40. The quantitative estimate of drug-likeness (QED) is 0.365. The molecule has 164 valence electrons. The molecule has 0 amide bonds. The third-order valence-electron chi connectivity index (χ3n) is 5.10. The number of carbonyl (C=O) groups is 2. The van der Waals surface area contributed by atoms with Crippen LogP contribution < -0.4 is 10.1 Å². The maximum absolute atomic E-state index is 12.7. The zero-order chi connectivity index (χ0) is 19.8. The molecular formula is C23H30Cl2N2O3. The van der Waals surface area contributed by atoms with Crippen LogP contribution in [0.3, 0.4) is 0 Å². The smallest absolute Gasteiger partial charge is 0.343 e. The molecule has 1 fully saturated rings. The van der Waals surface area contributed by atoms with E-state index in [-0.39, 0.29) is 30.6 Å². The predicted molar refractivity (Wildman–Crippen MR) is 124 cm³/mol. The third-order valence-corrected chi connectivity index (χ3v) is 5.10. The minimum Gasteiger partial charge on any atom is -0.423 e. The summed E-state index contributed by atoms with van der Waals surface area (Å²) < 4.78 is 5.42. The van der Waals surface area contributed by atoms with E-state index in [1.165, 1.54) is 0 Å².